The molecule has 0 aromatic carbocycles. The number of rotatable bonds is 1. The molecule has 0 radical (unpaired) electrons. The van der Waals surface area contributed by atoms with Gasteiger partial charge in [-0.3, -0.25) is 4.79 Å². The Labute approximate surface area is 66.8 Å². The largest absolute Gasteiger partial charge is 0.284 e. The first-order valence-corrected chi connectivity index (χ1v) is 4.13. The van der Waals surface area contributed by atoms with Crippen molar-refractivity contribution in [1.82, 2.24) is 10.2 Å². The van der Waals surface area contributed by atoms with Crippen LogP contribution < -0.4 is 5.56 Å². The first kappa shape index (κ1) is 7.63. The third-order valence-corrected chi connectivity index (χ3v) is 2.22. The Bertz CT molecular complexity index is 285. The van der Waals surface area contributed by atoms with Crippen LogP contribution in [0.25, 0.3) is 0 Å². The molecular formula is C5H5ClN2OS. The lowest BCUT2D eigenvalue weighted by Gasteiger charge is -1.94. The molecule has 0 atom stereocenters. The van der Waals surface area contributed by atoms with E-state index in [0.717, 1.165) is 0 Å². The number of nitrogens with zero attached hydrogens (tertiary/aromatic N) is 1. The number of halogens is 1. The molecule has 1 heterocycles. The minimum atomic E-state index is -0.339. The maximum atomic E-state index is 10.7. The van der Waals surface area contributed by atoms with Gasteiger partial charge in [0.25, 0.3) is 5.56 Å². The Morgan fingerprint density at radius 3 is 3.00 bits per heavy atom. The van der Waals surface area contributed by atoms with Crippen molar-refractivity contribution in [2.45, 2.75) is 4.90 Å². The second kappa shape index (κ2) is 3.07. The van der Waals surface area contributed by atoms with E-state index in [1.165, 1.54) is 18.0 Å². The van der Waals surface area contributed by atoms with E-state index in [9.17, 15) is 4.79 Å². The number of aromatic nitrogens is 2. The normalized spacial score (nSPS) is 9.80. The highest BCUT2D eigenvalue weighted by molar-refractivity contribution is 7.98. The predicted molar refractivity (Wildman–Crippen MR) is 41.6 cm³/mol. The van der Waals surface area contributed by atoms with Crippen LogP contribution in [-0.4, -0.2) is 16.5 Å². The standard InChI is InChI=1S/C5H5ClN2OS/c1-10-3-2-7-8-5(9)4(3)6/h2H,1H3,(H,8,9). The maximum Gasteiger partial charge on any atom is 0.284 e. The third-order valence-electron chi connectivity index (χ3n) is 0.983. The van der Waals surface area contributed by atoms with Gasteiger partial charge in [-0.05, 0) is 6.26 Å². The molecule has 0 aliphatic carbocycles. The third kappa shape index (κ3) is 1.33. The van der Waals surface area contributed by atoms with Gasteiger partial charge in [-0.1, -0.05) is 11.6 Å². The van der Waals surface area contributed by atoms with Gasteiger partial charge in [0.2, 0.25) is 0 Å². The molecule has 1 rings (SSSR count). The molecule has 0 fully saturated rings. The van der Waals surface area contributed by atoms with E-state index in [2.05, 4.69) is 10.2 Å². The summed E-state index contributed by atoms with van der Waals surface area (Å²) in [5.41, 5.74) is -0.339. The average molecular weight is 177 g/mol. The van der Waals surface area contributed by atoms with Gasteiger partial charge in [0.05, 0.1) is 11.1 Å². The quantitative estimate of drug-likeness (QED) is 0.653. The van der Waals surface area contributed by atoms with Crippen molar-refractivity contribution in [2.24, 2.45) is 0 Å². The van der Waals surface area contributed by atoms with Crippen molar-refractivity contribution >= 4 is 23.4 Å². The highest BCUT2D eigenvalue weighted by Crippen LogP contribution is 2.18. The summed E-state index contributed by atoms with van der Waals surface area (Å²) < 4.78 is 0. The van der Waals surface area contributed by atoms with E-state index >= 15 is 0 Å². The number of hydrogen-bond acceptors (Lipinski definition) is 3. The van der Waals surface area contributed by atoms with Crippen molar-refractivity contribution < 1.29 is 0 Å². The van der Waals surface area contributed by atoms with E-state index in [1.807, 2.05) is 6.26 Å². The predicted octanol–water partition coefficient (Wildman–Crippen LogP) is 1.15. The number of aromatic amines is 1. The topological polar surface area (TPSA) is 45.8 Å². The summed E-state index contributed by atoms with van der Waals surface area (Å²) in [5.74, 6) is 0. The zero-order valence-corrected chi connectivity index (χ0v) is 6.79. The number of hydrogen-bond donors (Lipinski definition) is 1. The summed E-state index contributed by atoms with van der Waals surface area (Å²) in [5, 5.41) is 6.01. The average Bonchev–Trinajstić information content (AvgIpc) is 1.95. The van der Waals surface area contributed by atoms with Gasteiger partial charge in [-0.2, -0.15) is 5.10 Å². The lowest BCUT2D eigenvalue weighted by molar-refractivity contribution is 0.957. The fourth-order valence-electron chi connectivity index (χ4n) is 0.509. The van der Waals surface area contributed by atoms with Crippen LogP contribution in [0.4, 0.5) is 0 Å². The Balaban J connectivity index is 3.28. The molecule has 0 aliphatic rings. The summed E-state index contributed by atoms with van der Waals surface area (Å²) in [4.78, 5) is 11.4. The fraction of sp³-hybridized carbons (Fsp3) is 0.200. The van der Waals surface area contributed by atoms with Crippen molar-refractivity contribution in [3.05, 3.63) is 21.6 Å². The van der Waals surface area contributed by atoms with E-state index in [-0.39, 0.29) is 10.6 Å². The molecule has 0 unspecified atom stereocenters. The van der Waals surface area contributed by atoms with E-state index < -0.39 is 0 Å². The molecular weight excluding hydrogens is 172 g/mol. The summed E-state index contributed by atoms with van der Waals surface area (Å²) in [7, 11) is 0. The Morgan fingerprint density at radius 1 is 1.80 bits per heavy atom. The number of nitrogens with one attached hydrogen (secondary N) is 1. The van der Waals surface area contributed by atoms with Crippen LogP contribution in [0.15, 0.2) is 15.9 Å². The number of thioether (sulfide) groups is 1. The van der Waals surface area contributed by atoms with Crippen molar-refractivity contribution in [1.29, 1.82) is 0 Å². The van der Waals surface area contributed by atoms with Crippen molar-refractivity contribution in [2.75, 3.05) is 6.26 Å². The van der Waals surface area contributed by atoms with Crippen LogP contribution in [0.3, 0.4) is 0 Å². The molecule has 0 spiro atoms. The number of H-pyrrole nitrogens is 1. The lowest BCUT2D eigenvalue weighted by Crippen LogP contribution is -2.08. The van der Waals surface area contributed by atoms with Gasteiger partial charge in [-0.25, -0.2) is 5.10 Å². The van der Waals surface area contributed by atoms with Crippen molar-refractivity contribution in [3.8, 4) is 0 Å². The Morgan fingerprint density at radius 2 is 2.50 bits per heavy atom. The van der Waals surface area contributed by atoms with Crippen LogP contribution in [0.5, 0.6) is 0 Å². The van der Waals surface area contributed by atoms with Crippen LogP contribution >= 0.6 is 23.4 Å². The van der Waals surface area contributed by atoms with Crippen LogP contribution in [0, 0.1) is 0 Å². The smallest absolute Gasteiger partial charge is 0.266 e. The summed E-state index contributed by atoms with van der Waals surface area (Å²) in [6.07, 6.45) is 3.36. The lowest BCUT2D eigenvalue weighted by atomic mass is 10.6. The molecule has 10 heavy (non-hydrogen) atoms. The van der Waals surface area contributed by atoms with E-state index in [1.54, 1.807) is 0 Å². The van der Waals surface area contributed by atoms with Crippen LogP contribution in [0.1, 0.15) is 0 Å². The highest BCUT2D eigenvalue weighted by Gasteiger charge is 2.01. The molecule has 3 nitrogen and oxygen atoms in total. The molecule has 0 saturated heterocycles. The Hall–Kier alpha value is -0.480. The molecule has 0 bridgehead atoms. The fourth-order valence-corrected chi connectivity index (χ4v) is 1.26. The second-order valence-electron chi connectivity index (χ2n) is 1.58. The minimum Gasteiger partial charge on any atom is -0.266 e. The van der Waals surface area contributed by atoms with Gasteiger partial charge in [0.15, 0.2) is 0 Å². The summed E-state index contributed by atoms with van der Waals surface area (Å²) in [6, 6.07) is 0. The monoisotopic (exact) mass is 176 g/mol. The molecule has 0 amide bonds. The van der Waals surface area contributed by atoms with Gasteiger partial charge >= 0.3 is 0 Å². The SMILES string of the molecule is CSc1cn[nH]c(=O)c1Cl. The Kier molecular flexibility index (Phi) is 2.34. The van der Waals surface area contributed by atoms with Gasteiger partial charge in [-0.15, -0.1) is 11.8 Å². The first-order valence-electron chi connectivity index (χ1n) is 2.53. The van der Waals surface area contributed by atoms with Gasteiger partial charge in [0, 0.05) is 0 Å². The van der Waals surface area contributed by atoms with Crippen LogP contribution in [0.2, 0.25) is 5.02 Å². The molecule has 1 N–H and O–H groups in total. The van der Waals surface area contributed by atoms with E-state index in [4.69, 9.17) is 11.6 Å². The van der Waals surface area contributed by atoms with E-state index in [0.29, 0.717) is 4.90 Å². The summed E-state index contributed by atoms with van der Waals surface area (Å²) >= 11 is 6.98. The molecule has 5 heteroatoms. The minimum absolute atomic E-state index is 0.211. The molecule has 1 aromatic rings. The maximum absolute atomic E-state index is 10.7. The molecule has 0 aliphatic heterocycles. The first-order chi connectivity index (χ1) is 4.75. The second-order valence-corrected chi connectivity index (χ2v) is 2.81. The van der Waals surface area contributed by atoms with Gasteiger partial charge in [0.1, 0.15) is 5.02 Å². The zero-order valence-electron chi connectivity index (χ0n) is 5.22. The summed E-state index contributed by atoms with van der Waals surface area (Å²) in [6.45, 7) is 0. The van der Waals surface area contributed by atoms with Crippen LogP contribution in [-0.2, 0) is 0 Å². The van der Waals surface area contributed by atoms with Crippen molar-refractivity contribution in [3.63, 3.8) is 0 Å². The molecule has 1 aromatic heterocycles. The molecule has 54 valence electrons. The molecule has 0 saturated carbocycles. The van der Waals surface area contributed by atoms with Gasteiger partial charge < -0.3 is 0 Å². The zero-order chi connectivity index (χ0) is 7.56. The highest BCUT2D eigenvalue weighted by atomic mass is 35.5.